The van der Waals surface area contributed by atoms with Crippen LogP contribution in [-0.2, 0) is 11.4 Å². The summed E-state index contributed by atoms with van der Waals surface area (Å²) in [6.07, 6.45) is 2.15. The summed E-state index contributed by atoms with van der Waals surface area (Å²) in [4.78, 5) is 10.4. The fourth-order valence-electron chi connectivity index (χ4n) is 1.71. The quantitative estimate of drug-likeness (QED) is 0.855. The molecule has 5 heteroatoms. The number of hydrogen-bond donors (Lipinski definition) is 1. The molecule has 21 heavy (non-hydrogen) atoms. The van der Waals surface area contributed by atoms with Crippen LogP contribution in [0.2, 0.25) is 0 Å². The summed E-state index contributed by atoms with van der Waals surface area (Å²) in [6.45, 7) is -0.0434. The maximum atomic E-state index is 13.4. The second-order valence-corrected chi connectivity index (χ2v) is 4.27. The fourth-order valence-corrected chi connectivity index (χ4v) is 1.71. The monoisotopic (exact) mass is 290 g/mol. The van der Waals surface area contributed by atoms with Crippen LogP contribution in [0.15, 0.2) is 48.5 Å². The molecule has 0 heterocycles. The van der Waals surface area contributed by atoms with E-state index in [0.717, 1.165) is 12.1 Å². The fraction of sp³-hybridized carbons (Fsp3) is 0.0625. The third kappa shape index (κ3) is 4.42. The van der Waals surface area contributed by atoms with Crippen LogP contribution >= 0.6 is 0 Å². The van der Waals surface area contributed by atoms with Crippen LogP contribution in [0.4, 0.5) is 8.78 Å². The van der Waals surface area contributed by atoms with E-state index in [2.05, 4.69) is 0 Å². The smallest absolute Gasteiger partial charge is 0.328 e. The third-order valence-electron chi connectivity index (χ3n) is 2.66. The summed E-state index contributed by atoms with van der Waals surface area (Å²) < 4.78 is 32.2. The first-order valence-electron chi connectivity index (χ1n) is 6.12. The Bertz CT molecular complexity index is 681. The summed E-state index contributed by atoms with van der Waals surface area (Å²) in [7, 11) is 0. The van der Waals surface area contributed by atoms with Gasteiger partial charge in [0.05, 0.1) is 0 Å². The van der Waals surface area contributed by atoms with Crippen molar-refractivity contribution in [2.75, 3.05) is 0 Å². The van der Waals surface area contributed by atoms with Crippen molar-refractivity contribution in [2.24, 2.45) is 0 Å². The number of ether oxygens (including phenoxy) is 1. The van der Waals surface area contributed by atoms with E-state index in [4.69, 9.17) is 9.84 Å². The van der Waals surface area contributed by atoms with Gasteiger partial charge in [0.1, 0.15) is 24.0 Å². The highest BCUT2D eigenvalue weighted by Crippen LogP contribution is 2.19. The number of rotatable bonds is 5. The molecule has 2 rings (SSSR count). The molecule has 0 amide bonds. The molecule has 0 radical (unpaired) electrons. The van der Waals surface area contributed by atoms with Gasteiger partial charge in [-0.2, -0.15) is 0 Å². The Morgan fingerprint density at radius 3 is 2.67 bits per heavy atom. The van der Waals surface area contributed by atoms with Gasteiger partial charge in [-0.3, -0.25) is 0 Å². The molecular formula is C16H12F2O3. The largest absolute Gasteiger partial charge is 0.489 e. The van der Waals surface area contributed by atoms with Crippen molar-refractivity contribution >= 4 is 12.0 Å². The van der Waals surface area contributed by atoms with Gasteiger partial charge in [0.15, 0.2) is 0 Å². The third-order valence-corrected chi connectivity index (χ3v) is 2.66. The summed E-state index contributed by atoms with van der Waals surface area (Å²) >= 11 is 0. The molecule has 0 aromatic heterocycles. The van der Waals surface area contributed by atoms with Crippen LogP contribution in [0.3, 0.4) is 0 Å². The molecule has 0 fully saturated rings. The molecule has 2 aromatic carbocycles. The average Bonchev–Trinajstić information content (AvgIpc) is 2.44. The normalized spacial score (nSPS) is 10.8. The van der Waals surface area contributed by atoms with Crippen LogP contribution < -0.4 is 4.74 Å². The lowest BCUT2D eigenvalue weighted by molar-refractivity contribution is -0.131. The molecule has 2 aromatic rings. The van der Waals surface area contributed by atoms with Crippen molar-refractivity contribution in [1.82, 2.24) is 0 Å². The predicted octanol–water partition coefficient (Wildman–Crippen LogP) is 3.64. The maximum absolute atomic E-state index is 13.4. The summed E-state index contributed by atoms with van der Waals surface area (Å²) in [5, 5.41) is 8.54. The van der Waals surface area contributed by atoms with Crippen molar-refractivity contribution in [3.05, 3.63) is 71.3 Å². The zero-order chi connectivity index (χ0) is 15.2. The van der Waals surface area contributed by atoms with Gasteiger partial charge < -0.3 is 9.84 Å². The zero-order valence-electron chi connectivity index (χ0n) is 10.9. The summed E-state index contributed by atoms with van der Waals surface area (Å²) in [5.41, 5.74) is 0.699. The molecule has 0 aliphatic carbocycles. The van der Waals surface area contributed by atoms with E-state index in [1.165, 1.54) is 24.3 Å². The molecule has 0 saturated heterocycles. The number of aliphatic carboxylic acids is 1. The van der Waals surface area contributed by atoms with E-state index in [9.17, 15) is 13.6 Å². The van der Waals surface area contributed by atoms with E-state index < -0.39 is 17.6 Å². The van der Waals surface area contributed by atoms with E-state index in [0.29, 0.717) is 11.1 Å². The van der Waals surface area contributed by atoms with Gasteiger partial charge in [0.2, 0.25) is 0 Å². The Morgan fingerprint density at radius 2 is 1.95 bits per heavy atom. The molecule has 0 atom stereocenters. The van der Waals surface area contributed by atoms with Gasteiger partial charge in [0, 0.05) is 17.7 Å². The Morgan fingerprint density at radius 1 is 1.19 bits per heavy atom. The van der Waals surface area contributed by atoms with Crippen molar-refractivity contribution < 1.29 is 23.4 Å². The molecule has 108 valence electrons. The zero-order valence-corrected chi connectivity index (χ0v) is 10.9. The van der Waals surface area contributed by atoms with Gasteiger partial charge in [-0.05, 0) is 29.8 Å². The highest BCUT2D eigenvalue weighted by molar-refractivity contribution is 5.85. The van der Waals surface area contributed by atoms with Crippen LogP contribution in [0, 0.1) is 11.6 Å². The lowest BCUT2D eigenvalue weighted by atomic mass is 10.2. The van der Waals surface area contributed by atoms with E-state index in [1.807, 2.05) is 0 Å². The van der Waals surface area contributed by atoms with E-state index in [-0.39, 0.29) is 12.4 Å². The summed E-state index contributed by atoms with van der Waals surface area (Å²) in [6, 6.07) is 9.92. The first kappa shape index (κ1) is 14.7. The second-order valence-electron chi connectivity index (χ2n) is 4.27. The van der Waals surface area contributed by atoms with Gasteiger partial charge in [0.25, 0.3) is 0 Å². The minimum absolute atomic E-state index is 0.0434. The van der Waals surface area contributed by atoms with Gasteiger partial charge >= 0.3 is 5.97 Å². The molecule has 1 N–H and O–H groups in total. The Hall–Kier alpha value is -2.69. The molecule has 3 nitrogen and oxygen atoms in total. The first-order valence-corrected chi connectivity index (χ1v) is 6.12. The van der Waals surface area contributed by atoms with Crippen molar-refractivity contribution in [3.63, 3.8) is 0 Å². The Kier molecular flexibility index (Phi) is 4.66. The Labute approximate surface area is 120 Å². The SMILES string of the molecule is O=C(O)/C=C/c1cc(F)cc(OCc2ccccc2F)c1. The molecule has 0 unspecified atom stereocenters. The number of hydrogen-bond acceptors (Lipinski definition) is 2. The first-order chi connectivity index (χ1) is 10.0. The lowest BCUT2D eigenvalue weighted by Crippen LogP contribution is -1.99. The number of benzene rings is 2. The lowest BCUT2D eigenvalue weighted by Gasteiger charge is -2.08. The minimum Gasteiger partial charge on any atom is -0.489 e. The van der Waals surface area contributed by atoms with Crippen molar-refractivity contribution in [1.29, 1.82) is 0 Å². The van der Waals surface area contributed by atoms with Gasteiger partial charge in [-0.25, -0.2) is 13.6 Å². The van der Waals surface area contributed by atoms with Gasteiger partial charge in [-0.15, -0.1) is 0 Å². The Balaban J connectivity index is 2.13. The average molecular weight is 290 g/mol. The predicted molar refractivity (Wildman–Crippen MR) is 73.8 cm³/mol. The van der Waals surface area contributed by atoms with E-state index in [1.54, 1.807) is 18.2 Å². The molecule has 0 aliphatic heterocycles. The minimum atomic E-state index is -1.13. The van der Waals surface area contributed by atoms with Crippen LogP contribution in [-0.4, -0.2) is 11.1 Å². The molecule has 0 saturated carbocycles. The van der Waals surface area contributed by atoms with Crippen LogP contribution in [0.5, 0.6) is 5.75 Å². The molecule has 0 spiro atoms. The van der Waals surface area contributed by atoms with Crippen molar-refractivity contribution in [3.8, 4) is 5.75 Å². The van der Waals surface area contributed by atoms with Crippen LogP contribution in [0.1, 0.15) is 11.1 Å². The number of carboxylic acid groups (broad SMARTS) is 1. The van der Waals surface area contributed by atoms with Crippen molar-refractivity contribution in [2.45, 2.75) is 6.61 Å². The number of carbonyl (C=O) groups is 1. The maximum Gasteiger partial charge on any atom is 0.328 e. The molecule has 0 bridgehead atoms. The van der Waals surface area contributed by atoms with E-state index >= 15 is 0 Å². The number of carboxylic acids is 1. The summed E-state index contributed by atoms with van der Waals surface area (Å²) in [5.74, 6) is -1.90. The highest BCUT2D eigenvalue weighted by atomic mass is 19.1. The highest BCUT2D eigenvalue weighted by Gasteiger charge is 2.04. The second kappa shape index (κ2) is 6.65. The topological polar surface area (TPSA) is 46.5 Å². The molecular weight excluding hydrogens is 278 g/mol. The van der Waals surface area contributed by atoms with Crippen LogP contribution in [0.25, 0.3) is 6.08 Å². The standard InChI is InChI=1S/C16H12F2O3/c17-13-7-11(5-6-16(19)20)8-14(9-13)21-10-12-3-1-2-4-15(12)18/h1-9H,10H2,(H,19,20)/b6-5+. The van der Waals surface area contributed by atoms with Gasteiger partial charge in [-0.1, -0.05) is 18.2 Å². The number of halogens is 2. The molecule has 0 aliphatic rings.